The van der Waals surface area contributed by atoms with Crippen LogP contribution in [-0.4, -0.2) is 35.7 Å². The third-order valence-electron chi connectivity index (χ3n) is 4.17. The summed E-state index contributed by atoms with van der Waals surface area (Å²) in [6, 6.07) is 6.47. The smallest absolute Gasteiger partial charge is 0.304 e. The molecule has 0 aromatic heterocycles. The van der Waals surface area contributed by atoms with Gasteiger partial charge in [0.1, 0.15) is 5.75 Å². The largest absolute Gasteiger partial charge is 0.496 e. The van der Waals surface area contributed by atoms with Gasteiger partial charge in [0.15, 0.2) is 0 Å². The van der Waals surface area contributed by atoms with Gasteiger partial charge < -0.3 is 9.84 Å². The number of rotatable bonds is 5. The Balaban J connectivity index is 2.23. The molecule has 4 heteroatoms. The lowest BCUT2D eigenvalue weighted by atomic mass is 10.0. The summed E-state index contributed by atoms with van der Waals surface area (Å²) in [6.07, 6.45) is 2.25. The Morgan fingerprint density at radius 2 is 2.30 bits per heavy atom. The van der Waals surface area contributed by atoms with Crippen molar-refractivity contribution >= 4 is 5.97 Å². The number of carboxylic acid groups (broad SMARTS) is 1. The molecule has 1 fully saturated rings. The second-order valence-corrected chi connectivity index (χ2v) is 5.55. The van der Waals surface area contributed by atoms with E-state index in [-0.39, 0.29) is 18.5 Å². The Bertz CT molecular complexity index is 487. The van der Waals surface area contributed by atoms with Gasteiger partial charge in [0.05, 0.1) is 13.5 Å². The molecule has 1 aliphatic rings. The van der Waals surface area contributed by atoms with Crippen molar-refractivity contribution in [3.63, 3.8) is 0 Å². The molecule has 1 heterocycles. The molecular formula is C16H23NO3. The van der Waals surface area contributed by atoms with E-state index < -0.39 is 5.97 Å². The quantitative estimate of drug-likeness (QED) is 0.899. The van der Waals surface area contributed by atoms with Crippen LogP contribution in [-0.2, 0) is 4.79 Å². The minimum Gasteiger partial charge on any atom is -0.496 e. The SMILES string of the molecule is COc1ccc(C)cc1C(C)N1CCCC1CC(=O)O. The van der Waals surface area contributed by atoms with Crippen molar-refractivity contribution < 1.29 is 14.6 Å². The highest BCUT2D eigenvalue weighted by Crippen LogP contribution is 2.35. The topological polar surface area (TPSA) is 49.8 Å². The lowest BCUT2D eigenvalue weighted by Crippen LogP contribution is -2.33. The van der Waals surface area contributed by atoms with Crippen molar-refractivity contribution in [1.29, 1.82) is 0 Å². The fourth-order valence-electron chi connectivity index (χ4n) is 3.15. The van der Waals surface area contributed by atoms with Gasteiger partial charge in [-0.3, -0.25) is 9.69 Å². The average Bonchev–Trinajstić information content (AvgIpc) is 2.85. The van der Waals surface area contributed by atoms with Gasteiger partial charge in [-0.15, -0.1) is 0 Å². The zero-order valence-corrected chi connectivity index (χ0v) is 12.4. The Morgan fingerprint density at radius 3 is 2.95 bits per heavy atom. The number of aryl methyl sites for hydroxylation is 1. The molecule has 0 amide bonds. The highest BCUT2D eigenvalue weighted by atomic mass is 16.5. The average molecular weight is 277 g/mol. The third-order valence-corrected chi connectivity index (χ3v) is 4.17. The minimum absolute atomic E-state index is 0.132. The molecule has 2 rings (SSSR count). The number of nitrogens with zero attached hydrogens (tertiary/aromatic N) is 1. The van der Waals surface area contributed by atoms with Crippen LogP contribution in [0.25, 0.3) is 0 Å². The monoisotopic (exact) mass is 277 g/mol. The predicted molar refractivity (Wildman–Crippen MR) is 78.1 cm³/mol. The summed E-state index contributed by atoms with van der Waals surface area (Å²) in [5.74, 6) is 0.161. The van der Waals surface area contributed by atoms with Crippen LogP contribution in [0.15, 0.2) is 18.2 Å². The van der Waals surface area contributed by atoms with Gasteiger partial charge in [0, 0.05) is 17.6 Å². The van der Waals surface area contributed by atoms with Crippen LogP contribution in [0.1, 0.15) is 43.4 Å². The Kier molecular flexibility index (Phi) is 4.65. The first kappa shape index (κ1) is 14.9. The van der Waals surface area contributed by atoms with Crippen LogP contribution in [0.4, 0.5) is 0 Å². The summed E-state index contributed by atoms with van der Waals surface area (Å²) in [4.78, 5) is 13.3. The predicted octanol–water partition coefficient (Wildman–Crippen LogP) is 3.00. The minimum atomic E-state index is -0.717. The van der Waals surface area contributed by atoms with E-state index in [9.17, 15) is 4.79 Å². The molecule has 0 radical (unpaired) electrons. The summed E-state index contributed by atoms with van der Waals surface area (Å²) in [7, 11) is 1.68. The second kappa shape index (κ2) is 6.27. The summed E-state index contributed by atoms with van der Waals surface area (Å²) in [5, 5.41) is 9.04. The van der Waals surface area contributed by atoms with Crippen LogP contribution in [0.5, 0.6) is 5.75 Å². The molecule has 2 unspecified atom stereocenters. The zero-order chi connectivity index (χ0) is 14.7. The number of hydrogen-bond acceptors (Lipinski definition) is 3. The first-order valence-electron chi connectivity index (χ1n) is 7.15. The molecule has 1 aromatic rings. The number of ether oxygens (including phenoxy) is 1. The fraction of sp³-hybridized carbons (Fsp3) is 0.562. The van der Waals surface area contributed by atoms with Crippen molar-refractivity contribution in [3.05, 3.63) is 29.3 Å². The number of methoxy groups -OCH3 is 1. The first-order chi connectivity index (χ1) is 9.52. The van der Waals surface area contributed by atoms with E-state index in [4.69, 9.17) is 9.84 Å². The molecule has 1 saturated heterocycles. The van der Waals surface area contributed by atoms with E-state index in [2.05, 4.69) is 24.8 Å². The lowest BCUT2D eigenvalue weighted by molar-refractivity contribution is -0.138. The number of carbonyl (C=O) groups is 1. The molecule has 20 heavy (non-hydrogen) atoms. The number of likely N-dealkylation sites (tertiary alicyclic amines) is 1. The molecule has 1 N–H and O–H groups in total. The standard InChI is InChI=1S/C16H23NO3/c1-11-6-7-15(20-3)14(9-11)12(2)17-8-4-5-13(17)10-16(18)19/h6-7,9,12-13H,4-5,8,10H2,1-3H3,(H,18,19). The van der Waals surface area contributed by atoms with Crippen LogP contribution >= 0.6 is 0 Å². The highest BCUT2D eigenvalue weighted by molar-refractivity contribution is 5.67. The van der Waals surface area contributed by atoms with Gasteiger partial charge >= 0.3 is 5.97 Å². The number of aliphatic carboxylic acids is 1. The third kappa shape index (κ3) is 3.12. The van der Waals surface area contributed by atoms with Crippen molar-refractivity contribution in [2.75, 3.05) is 13.7 Å². The van der Waals surface area contributed by atoms with Crippen LogP contribution in [0, 0.1) is 6.92 Å². The van der Waals surface area contributed by atoms with Gasteiger partial charge in [-0.2, -0.15) is 0 Å². The van der Waals surface area contributed by atoms with Gasteiger partial charge in [-0.05, 0) is 39.3 Å². The molecule has 110 valence electrons. The van der Waals surface area contributed by atoms with Crippen molar-refractivity contribution in [2.45, 2.75) is 45.2 Å². The summed E-state index contributed by atoms with van der Waals surface area (Å²) in [5.41, 5.74) is 2.34. The number of benzene rings is 1. The highest BCUT2D eigenvalue weighted by Gasteiger charge is 2.31. The first-order valence-corrected chi connectivity index (χ1v) is 7.15. The molecule has 0 spiro atoms. The maximum Gasteiger partial charge on any atom is 0.304 e. The molecule has 0 saturated carbocycles. The molecule has 1 aromatic carbocycles. The summed E-state index contributed by atoms with van der Waals surface area (Å²) in [6.45, 7) is 5.15. The van der Waals surface area contributed by atoms with Crippen molar-refractivity contribution in [3.8, 4) is 5.75 Å². The molecule has 1 aliphatic heterocycles. The molecular weight excluding hydrogens is 254 g/mol. The fourth-order valence-corrected chi connectivity index (χ4v) is 3.15. The summed E-state index contributed by atoms with van der Waals surface area (Å²) >= 11 is 0. The zero-order valence-electron chi connectivity index (χ0n) is 12.4. The number of carboxylic acids is 1. The Hall–Kier alpha value is -1.55. The molecule has 4 nitrogen and oxygen atoms in total. The molecule has 2 atom stereocenters. The summed E-state index contributed by atoms with van der Waals surface area (Å²) < 4.78 is 5.45. The van der Waals surface area contributed by atoms with E-state index in [1.807, 2.05) is 12.1 Å². The normalized spacial score (nSPS) is 20.9. The van der Waals surface area contributed by atoms with Crippen molar-refractivity contribution in [2.24, 2.45) is 0 Å². The molecule has 0 aliphatic carbocycles. The van der Waals surface area contributed by atoms with Gasteiger partial charge in [-0.25, -0.2) is 0 Å². The number of hydrogen-bond donors (Lipinski definition) is 1. The van der Waals surface area contributed by atoms with Crippen molar-refractivity contribution in [1.82, 2.24) is 4.90 Å². The maximum absolute atomic E-state index is 11.0. The maximum atomic E-state index is 11.0. The molecule has 0 bridgehead atoms. The second-order valence-electron chi connectivity index (χ2n) is 5.55. The Morgan fingerprint density at radius 1 is 1.55 bits per heavy atom. The van der Waals surface area contributed by atoms with E-state index in [0.717, 1.165) is 30.7 Å². The van der Waals surface area contributed by atoms with E-state index in [1.165, 1.54) is 5.56 Å². The van der Waals surface area contributed by atoms with Gasteiger partial charge in [0.2, 0.25) is 0 Å². The lowest BCUT2D eigenvalue weighted by Gasteiger charge is -2.31. The van der Waals surface area contributed by atoms with E-state index in [0.29, 0.717) is 0 Å². The van der Waals surface area contributed by atoms with Gasteiger partial charge in [0.25, 0.3) is 0 Å². The van der Waals surface area contributed by atoms with Gasteiger partial charge in [-0.1, -0.05) is 17.7 Å². The van der Waals surface area contributed by atoms with Crippen LogP contribution in [0.3, 0.4) is 0 Å². The van der Waals surface area contributed by atoms with E-state index >= 15 is 0 Å². The Labute approximate surface area is 120 Å². The van der Waals surface area contributed by atoms with Crippen LogP contribution in [0.2, 0.25) is 0 Å². The van der Waals surface area contributed by atoms with E-state index in [1.54, 1.807) is 7.11 Å². The van der Waals surface area contributed by atoms with Crippen LogP contribution < -0.4 is 4.74 Å².